The van der Waals surface area contributed by atoms with Crippen LogP contribution in [0.15, 0.2) is 0 Å². The van der Waals surface area contributed by atoms with Gasteiger partial charge >= 0.3 is 0 Å². The van der Waals surface area contributed by atoms with E-state index in [9.17, 15) is 0 Å². The summed E-state index contributed by atoms with van der Waals surface area (Å²) in [6.45, 7) is 9.15. The molecule has 0 amide bonds. The molecule has 2 nitrogen and oxygen atoms in total. The highest BCUT2D eigenvalue weighted by molar-refractivity contribution is 5.20. The van der Waals surface area contributed by atoms with Crippen LogP contribution in [0.25, 0.3) is 0 Å². The predicted octanol–water partition coefficient (Wildman–Crippen LogP) is 2.55. The summed E-state index contributed by atoms with van der Waals surface area (Å²) in [4.78, 5) is 2.62. The molecule has 2 fully saturated rings. The van der Waals surface area contributed by atoms with Crippen molar-refractivity contribution in [2.45, 2.75) is 64.6 Å². The van der Waals surface area contributed by atoms with E-state index in [1.807, 2.05) is 0 Å². The Kier molecular flexibility index (Phi) is 1.95. The second-order valence-electron chi connectivity index (χ2n) is 6.05. The quantitative estimate of drug-likeness (QED) is 0.638. The zero-order valence-electron chi connectivity index (χ0n) is 9.67. The number of hydrogen-bond donors (Lipinski definition) is 0. The minimum Gasteiger partial charge on any atom is -0.292 e. The van der Waals surface area contributed by atoms with E-state index < -0.39 is 0 Å². The molecule has 0 aromatic carbocycles. The zero-order chi connectivity index (χ0) is 10.6. The van der Waals surface area contributed by atoms with Crippen LogP contribution in [-0.4, -0.2) is 22.5 Å². The summed E-state index contributed by atoms with van der Waals surface area (Å²) in [6, 6.07) is 3.70. The number of nitriles is 1. The first-order valence-electron chi connectivity index (χ1n) is 5.56. The summed E-state index contributed by atoms with van der Waals surface area (Å²) in [7, 11) is 0. The van der Waals surface area contributed by atoms with Crippen molar-refractivity contribution < 1.29 is 0 Å². The molecular formula is C12H20N2. The largest absolute Gasteiger partial charge is 0.292 e. The van der Waals surface area contributed by atoms with Crippen LogP contribution in [0, 0.1) is 16.7 Å². The average molecular weight is 192 g/mol. The van der Waals surface area contributed by atoms with E-state index in [-0.39, 0.29) is 5.54 Å². The van der Waals surface area contributed by atoms with E-state index in [2.05, 4.69) is 38.7 Å². The van der Waals surface area contributed by atoms with Crippen LogP contribution in [0.2, 0.25) is 0 Å². The van der Waals surface area contributed by atoms with Crippen LogP contribution in [-0.2, 0) is 0 Å². The molecule has 0 N–H and O–H groups in total. The Balaban J connectivity index is 2.15. The van der Waals surface area contributed by atoms with Crippen LogP contribution in [0.5, 0.6) is 0 Å². The molecule has 1 saturated carbocycles. The molecule has 2 rings (SSSR count). The summed E-state index contributed by atoms with van der Waals surface area (Å²) in [5.74, 6) is 0. The van der Waals surface area contributed by atoms with Crippen molar-refractivity contribution in [3.63, 3.8) is 0 Å². The van der Waals surface area contributed by atoms with E-state index in [1.165, 1.54) is 12.8 Å². The minimum absolute atomic E-state index is 0.262. The molecule has 14 heavy (non-hydrogen) atoms. The van der Waals surface area contributed by atoms with Crippen LogP contribution in [0.1, 0.15) is 47.0 Å². The highest BCUT2D eigenvalue weighted by atomic mass is 15.3. The molecule has 1 saturated heterocycles. The number of piperidine rings is 1. The summed E-state index contributed by atoms with van der Waals surface area (Å²) in [5, 5.41) is 8.83. The van der Waals surface area contributed by atoms with Gasteiger partial charge in [-0.25, -0.2) is 0 Å². The van der Waals surface area contributed by atoms with Crippen molar-refractivity contribution in [3.05, 3.63) is 0 Å². The Bertz CT molecular complexity index is 284. The Labute approximate surface area is 86.9 Å². The Morgan fingerprint density at radius 2 is 2.07 bits per heavy atom. The van der Waals surface area contributed by atoms with E-state index in [1.54, 1.807) is 0 Å². The summed E-state index contributed by atoms with van der Waals surface area (Å²) in [5.41, 5.74) is 0.638. The third-order valence-corrected chi connectivity index (χ3v) is 3.86. The summed E-state index contributed by atoms with van der Waals surface area (Å²) >= 11 is 0. The lowest BCUT2D eigenvalue weighted by Crippen LogP contribution is -2.45. The molecule has 2 heteroatoms. The van der Waals surface area contributed by atoms with Crippen LogP contribution >= 0.6 is 0 Å². The van der Waals surface area contributed by atoms with Crippen molar-refractivity contribution in [3.8, 4) is 6.07 Å². The molecule has 0 unspecified atom stereocenters. The smallest absolute Gasteiger partial charge is 0.0628 e. The number of nitrogens with zero attached hydrogens (tertiary/aromatic N) is 2. The predicted molar refractivity (Wildman–Crippen MR) is 56.7 cm³/mol. The van der Waals surface area contributed by atoms with Gasteiger partial charge in [0.15, 0.2) is 0 Å². The first kappa shape index (κ1) is 9.98. The van der Waals surface area contributed by atoms with Crippen molar-refractivity contribution in [2.75, 3.05) is 0 Å². The molecule has 0 radical (unpaired) electrons. The molecule has 3 atom stereocenters. The molecule has 1 aliphatic carbocycles. The van der Waals surface area contributed by atoms with E-state index in [4.69, 9.17) is 5.26 Å². The van der Waals surface area contributed by atoms with Crippen molar-refractivity contribution in [2.24, 2.45) is 5.41 Å². The van der Waals surface area contributed by atoms with Gasteiger partial charge in [-0.3, -0.25) is 4.90 Å². The van der Waals surface area contributed by atoms with E-state index >= 15 is 0 Å². The zero-order valence-corrected chi connectivity index (χ0v) is 9.67. The SMILES string of the molecule is C[C@@H]1C[C@@]2(CC#N)C[C@H]2N1C(C)(C)C. The molecule has 0 aromatic heterocycles. The number of rotatable bonds is 1. The van der Waals surface area contributed by atoms with Gasteiger partial charge in [0.2, 0.25) is 0 Å². The summed E-state index contributed by atoms with van der Waals surface area (Å²) < 4.78 is 0. The second-order valence-corrected chi connectivity index (χ2v) is 6.05. The van der Waals surface area contributed by atoms with E-state index in [0.717, 1.165) is 6.42 Å². The molecule has 1 heterocycles. The highest BCUT2D eigenvalue weighted by Gasteiger charge is 2.64. The first-order chi connectivity index (χ1) is 6.41. The lowest BCUT2D eigenvalue weighted by atomic mass is 9.97. The normalized spacial score (nSPS) is 41.9. The fraction of sp³-hybridized carbons (Fsp3) is 0.917. The molecule has 1 aliphatic heterocycles. The Hall–Kier alpha value is -0.550. The summed E-state index contributed by atoms with van der Waals surface area (Å²) in [6.07, 6.45) is 3.24. The van der Waals surface area contributed by atoms with Gasteiger partial charge in [0.1, 0.15) is 0 Å². The monoisotopic (exact) mass is 192 g/mol. The van der Waals surface area contributed by atoms with Gasteiger partial charge in [0, 0.05) is 29.5 Å². The van der Waals surface area contributed by atoms with Crippen LogP contribution in [0.4, 0.5) is 0 Å². The average Bonchev–Trinajstić information content (AvgIpc) is 2.53. The van der Waals surface area contributed by atoms with E-state index in [0.29, 0.717) is 17.5 Å². The second kappa shape index (κ2) is 2.73. The van der Waals surface area contributed by atoms with Gasteiger partial charge in [-0.05, 0) is 40.5 Å². The highest BCUT2D eigenvalue weighted by Crippen LogP contribution is 2.62. The third kappa shape index (κ3) is 1.26. The standard InChI is InChI=1S/C12H20N2/c1-9-7-12(5-6-13)8-10(12)14(9)11(2,3)4/h9-10H,5,7-8H2,1-4H3/t9-,10-,12+/m1/s1. The third-order valence-electron chi connectivity index (χ3n) is 3.86. The number of likely N-dealkylation sites (tertiary alicyclic amines) is 1. The Morgan fingerprint density at radius 3 is 2.50 bits per heavy atom. The van der Waals surface area contributed by atoms with Gasteiger partial charge in [-0.2, -0.15) is 5.26 Å². The Morgan fingerprint density at radius 1 is 1.43 bits per heavy atom. The van der Waals surface area contributed by atoms with Gasteiger partial charge < -0.3 is 0 Å². The molecule has 0 spiro atoms. The maximum absolute atomic E-state index is 8.83. The van der Waals surface area contributed by atoms with Crippen molar-refractivity contribution in [1.82, 2.24) is 4.90 Å². The topological polar surface area (TPSA) is 27.0 Å². The van der Waals surface area contributed by atoms with Gasteiger partial charge in [0.05, 0.1) is 6.07 Å². The van der Waals surface area contributed by atoms with Crippen molar-refractivity contribution in [1.29, 1.82) is 5.26 Å². The maximum atomic E-state index is 8.83. The lowest BCUT2D eigenvalue weighted by molar-refractivity contribution is 0.104. The van der Waals surface area contributed by atoms with Gasteiger partial charge in [0.25, 0.3) is 0 Å². The van der Waals surface area contributed by atoms with Crippen LogP contribution < -0.4 is 0 Å². The van der Waals surface area contributed by atoms with Crippen molar-refractivity contribution >= 4 is 0 Å². The first-order valence-corrected chi connectivity index (χ1v) is 5.56. The molecule has 78 valence electrons. The molecule has 0 aromatic rings. The fourth-order valence-electron chi connectivity index (χ4n) is 3.48. The maximum Gasteiger partial charge on any atom is 0.0628 e. The fourth-order valence-corrected chi connectivity index (χ4v) is 3.48. The van der Waals surface area contributed by atoms with Gasteiger partial charge in [-0.15, -0.1) is 0 Å². The molecule has 0 bridgehead atoms. The molecule has 2 aliphatic rings. The number of fused-ring (bicyclic) bond motifs is 1. The molecular weight excluding hydrogens is 172 g/mol. The van der Waals surface area contributed by atoms with Crippen LogP contribution in [0.3, 0.4) is 0 Å². The number of hydrogen-bond acceptors (Lipinski definition) is 2. The minimum atomic E-state index is 0.262. The lowest BCUT2D eigenvalue weighted by Gasteiger charge is -2.37. The van der Waals surface area contributed by atoms with Gasteiger partial charge in [-0.1, -0.05) is 0 Å².